The summed E-state index contributed by atoms with van der Waals surface area (Å²) in [5, 5.41) is 12.2. The summed E-state index contributed by atoms with van der Waals surface area (Å²) >= 11 is 5.97. The summed E-state index contributed by atoms with van der Waals surface area (Å²) in [6, 6.07) is 7.21. The largest absolute Gasteiger partial charge is 0.384 e. The third kappa shape index (κ3) is 4.80. The molecule has 0 aliphatic rings. The monoisotopic (exact) mass is 279 g/mol. The number of benzene rings is 1. The van der Waals surface area contributed by atoms with Crippen molar-refractivity contribution in [3.05, 3.63) is 28.8 Å². The second-order valence-corrected chi connectivity index (χ2v) is 5.64. The van der Waals surface area contributed by atoms with Crippen molar-refractivity contribution in [1.82, 2.24) is 0 Å². The van der Waals surface area contributed by atoms with E-state index >= 15 is 0 Å². The quantitative estimate of drug-likeness (QED) is 0.839. The number of hydrogen-bond acceptors (Lipinski definition) is 3. The van der Waals surface area contributed by atoms with Crippen LogP contribution in [-0.2, 0) is 0 Å². The molecule has 1 aromatic carbocycles. The Morgan fingerprint density at radius 3 is 2.74 bits per heavy atom. The van der Waals surface area contributed by atoms with Crippen LogP contribution in [0.15, 0.2) is 18.2 Å². The number of rotatable bonds is 6. The van der Waals surface area contributed by atoms with Crippen LogP contribution >= 0.6 is 11.6 Å². The summed E-state index contributed by atoms with van der Waals surface area (Å²) in [5.74, 6) is -0.536. The van der Waals surface area contributed by atoms with Gasteiger partial charge in [0.25, 0.3) is 0 Å². The molecule has 5 heteroatoms. The van der Waals surface area contributed by atoms with E-state index < -0.39 is 5.91 Å². The predicted octanol–water partition coefficient (Wildman–Crippen LogP) is 3.18. The fraction of sp³-hybridized carbons (Fsp3) is 0.429. The average molecular weight is 280 g/mol. The Morgan fingerprint density at radius 1 is 1.53 bits per heavy atom. The van der Waals surface area contributed by atoms with Gasteiger partial charge >= 0.3 is 0 Å². The molecule has 0 aromatic heterocycles. The van der Waals surface area contributed by atoms with E-state index in [9.17, 15) is 4.79 Å². The Bertz CT molecular complexity index is 506. The zero-order valence-electron chi connectivity index (χ0n) is 11.2. The van der Waals surface area contributed by atoms with Crippen molar-refractivity contribution in [2.24, 2.45) is 11.1 Å². The van der Waals surface area contributed by atoms with E-state index in [1.807, 2.05) is 0 Å². The van der Waals surface area contributed by atoms with E-state index in [4.69, 9.17) is 22.6 Å². The topological polar surface area (TPSA) is 78.9 Å². The van der Waals surface area contributed by atoms with E-state index in [0.717, 1.165) is 18.7 Å². The van der Waals surface area contributed by atoms with Gasteiger partial charge in [0.15, 0.2) is 0 Å². The second kappa shape index (κ2) is 6.44. The van der Waals surface area contributed by atoms with Crippen LogP contribution in [0.25, 0.3) is 0 Å². The van der Waals surface area contributed by atoms with E-state index in [1.165, 1.54) is 0 Å². The van der Waals surface area contributed by atoms with Gasteiger partial charge in [-0.3, -0.25) is 4.79 Å². The molecular formula is C14H18ClN3O. The lowest BCUT2D eigenvalue weighted by Gasteiger charge is -2.24. The summed E-state index contributed by atoms with van der Waals surface area (Å²) < 4.78 is 0. The van der Waals surface area contributed by atoms with Gasteiger partial charge in [-0.15, -0.1) is 0 Å². The third-order valence-electron chi connectivity index (χ3n) is 2.92. The number of nitriles is 1. The van der Waals surface area contributed by atoms with Gasteiger partial charge in [-0.05, 0) is 30.0 Å². The van der Waals surface area contributed by atoms with Crippen molar-refractivity contribution >= 4 is 23.2 Å². The molecule has 19 heavy (non-hydrogen) atoms. The minimum atomic E-state index is -0.536. The van der Waals surface area contributed by atoms with Crippen molar-refractivity contribution in [3.63, 3.8) is 0 Å². The number of anilines is 1. The Kier molecular flexibility index (Phi) is 5.20. The van der Waals surface area contributed by atoms with Gasteiger partial charge < -0.3 is 11.1 Å². The smallest absolute Gasteiger partial charge is 0.250 e. The molecule has 0 bridgehead atoms. The van der Waals surface area contributed by atoms with Gasteiger partial charge in [-0.25, -0.2) is 0 Å². The Hall–Kier alpha value is -1.73. The van der Waals surface area contributed by atoms with Gasteiger partial charge in [0, 0.05) is 18.7 Å². The molecule has 0 aliphatic heterocycles. The molecule has 1 amide bonds. The highest BCUT2D eigenvalue weighted by atomic mass is 35.5. The minimum absolute atomic E-state index is 0.0184. The number of primary amides is 1. The lowest BCUT2D eigenvalue weighted by atomic mass is 9.88. The second-order valence-electron chi connectivity index (χ2n) is 5.23. The number of nitrogens with two attached hydrogens (primary N) is 1. The molecule has 1 aromatic rings. The van der Waals surface area contributed by atoms with Crippen molar-refractivity contribution in [3.8, 4) is 6.07 Å². The van der Waals surface area contributed by atoms with Crippen molar-refractivity contribution in [1.29, 1.82) is 5.26 Å². The van der Waals surface area contributed by atoms with Gasteiger partial charge in [-0.2, -0.15) is 5.26 Å². The lowest BCUT2D eigenvalue weighted by Crippen LogP contribution is -2.23. The Labute approximate surface area is 118 Å². The molecular weight excluding hydrogens is 262 g/mol. The summed E-state index contributed by atoms with van der Waals surface area (Å²) in [6.07, 6.45) is 1.36. The standard InChI is InChI=1S/C14H18ClN3O/c1-14(2,6-3-7-16)9-18-10-4-5-11(13(17)19)12(15)8-10/h4-5,8,18H,3,6,9H2,1-2H3,(H2,17,19). The molecule has 0 radical (unpaired) electrons. The molecule has 0 unspecified atom stereocenters. The number of carbonyl (C=O) groups is 1. The fourth-order valence-electron chi connectivity index (χ4n) is 1.65. The van der Waals surface area contributed by atoms with Crippen molar-refractivity contribution in [2.45, 2.75) is 26.7 Å². The Morgan fingerprint density at radius 2 is 2.21 bits per heavy atom. The summed E-state index contributed by atoms with van der Waals surface area (Å²) in [7, 11) is 0. The van der Waals surface area contributed by atoms with E-state index in [2.05, 4.69) is 25.2 Å². The van der Waals surface area contributed by atoms with E-state index in [-0.39, 0.29) is 5.41 Å². The molecule has 102 valence electrons. The van der Waals surface area contributed by atoms with Gasteiger partial charge in [0.1, 0.15) is 0 Å². The van der Waals surface area contributed by atoms with E-state index in [1.54, 1.807) is 18.2 Å². The molecule has 0 aliphatic carbocycles. The number of amides is 1. The fourth-order valence-corrected chi connectivity index (χ4v) is 1.92. The minimum Gasteiger partial charge on any atom is -0.384 e. The molecule has 0 fully saturated rings. The molecule has 0 atom stereocenters. The number of nitrogens with zero attached hydrogens (tertiary/aromatic N) is 1. The highest BCUT2D eigenvalue weighted by Gasteiger charge is 2.17. The number of halogens is 1. The molecule has 0 heterocycles. The summed E-state index contributed by atoms with van der Waals surface area (Å²) in [6.45, 7) is 4.91. The number of hydrogen-bond donors (Lipinski definition) is 2. The molecule has 0 saturated carbocycles. The zero-order chi connectivity index (χ0) is 14.5. The van der Waals surface area contributed by atoms with Gasteiger partial charge in [0.05, 0.1) is 16.7 Å². The lowest BCUT2D eigenvalue weighted by molar-refractivity contribution is 0.100. The average Bonchev–Trinajstić information content (AvgIpc) is 2.34. The Balaban J connectivity index is 2.66. The first-order chi connectivity index (χ1) is 8.85. The van der Waals surface area contributed by atoms with Crippen LogP contribution in [0.1, 0.15) is 37.0 Å². The van der Waals surface area contributed by atoms with Crippen LogP contribution in [0.3, 0.4) is 0 Å². The maximum absolute atomic E-state index is 11.1. The summed E-state index contributed by atoms with van der Waals surface area (Å²) in [4.78, 5) is 11.1. The van der Waals surface area contributed by atoms with Crippen LogP contribution in [0.5, 0.6) is 0 Å². The molecule has 0 spiro atoms. The molecule has 1 rings (SSSR count). The van der Waals surface area contributed by atoms with Crippen molar-refractivity contribution in [2.75, 3.05) is 11.9 Å². The van der Waals surface area contributed by atoms with E-state index in [0.29, 0.717) is 17.0 Å². The normalized spacial score (nSPS) is 10.8. The van der Waals surface area contributed by atoms with Crippen LogP contribution in [0.4, 0.5) is 5.69 Å². The SMILES string of the molecule is CC(C)(CCC#N)CNc1ccc(C(N)=O)c(Cl)c1. The highest BCUT2D eigenvalue weighted by molar-refractivity contribution is 6.34. The maximum atomic E-state index is 11.1. The van der Waals surface area contributed by atoms with Gasteiger partial charge in [-0.1, -0.05) is 25.4 Å². The van der Waals surface area contributed by atoms with Crippen LogP contribution in [0, 0.1) is 16.7 Å². The molecule has 4 nitrogen and oxygen atoms in total. The van der Waals surface area contributed by atoms with Crippen molar-refractivity contribution < 1.29 is 4.79 Å². The first-order valence-corrected chi connectivity index (χ1v) is 6.44. The van der Waals surface area contributed by atoms with Crippen LogP contribution in [0.2, 0.25) is 5.02 Å². The van der Waals surface area contributed by atoms with Crippen LogP contribution in [-0.4, -0.2) is 12.5 Å². The third-order valence-corrected chi connectivity index (χ3v) is 3.23. The first kappa shape index (κ1) is 15.3. The van der Waals surface area contributed by atoms with Crippen LogP contribution < -0.4 is 11.1 Å². The summed E-state index contributed by atoms with van der Waals surface area (Å²) in [5.41, 5.74) is 6.36. The number of carbonyl (C=O) groups excluding carboxylic acids is 1. The number of nitrogens with one attached hydrogen (secondary N) is 1. The maximum Gasteiger partial charge on any atom is 0.250 e. The molecule has 0 saturated heterocycles. The zero-order valence-corrected chi connectivity index (χ0v) is 11.9. The molecule has 3 N–H and O–H groups in total. The predicted molar refractivity (Wildman–Crippen MR) is 77.1 cm³/mol. The van der Waals surface area contributed by atoms with Gasteiger partial charge in [0.2, 0.25) is 5.91 Å². The highest BCUT2D eigenvalue weighted by Crippen LogP contribution is 2.25. The first-order valence-electron chi connectivity index (χ1n) is 6.06.